The number of nitrogens with two attached hydrogens (primary N) is 1. The Kier molecular flexibility index (Phi) is 3.49. The summed E-state index contributed by atoms with van der Waals surface area (Å²) in [6, 6.07) is 4.15. The second-order valence-corrected chi connectivity index (χ2v) is 4.86. The van der Waals surface area contributed by atoms with Crippen molar-refractivity contribution in [3.05, 3.63) is 53.7 Å². The average molecular weight is 287 g/mol. The van der Waals surface area contributed by atoms with Crippen LogP contribution in [0.1, 0.15) is 23.2 Å². The molecule has 6 nitrogen and oxygen atoms in total. The molecule has 7 heteroatoms. The second-order valence-electron chi connectivity index (χ2n) is 4.86. The summed E-state index contributed by atoms with van der Waals surface area (Å²) in [5.41, 5.74) is 8.25. The Morgan fingerprint density at radius 3 is 2.95 bits per heavy atom. The summed E-state index contributed by atoms with van der Waals surface area (Å²) in [5.74, 6) is 0.298. The van der Waals surface area contributed by atoms with Gasteiger partial charge in [-0.2, -0.15) is 4.98 Å². The number of halogens is 1. The molecule has 0 unspecified atom stereocenters. The Morgan fingerprint density at radius 1 is 1.38 bits per heavy atom. The van der Waals surface area contributed by atoms with Crippen LogP contribution in [0.15, 0.2) is 35.2 Å². The van der Waals surface area contributed by atoms with Crippen LogP contribution in [-0.4, -0.2) is 20.1 Å². The van der Waals surface area contributed by atoms with Crippen molar-refractivity contribution in [2.24, 2.45) is 5.73 Å². The molecule has 0 aliphatic rings. The van der Waals surface area contributed by atoms with E-state index in [4.69, 9.17) is 10.3 Å². The highest BCUT2D eigenvalue weighted by Crippen LogP contribution is 2.21. The average Bonchev–Trinajstić information content (AvgIpc) is 3.08. The summed E-state index contributed by atoms with van der Waals surface area (Å²) in [7, 11) is 0. The van der Waals surface area contributed by atoms with E-state index in [1.807, 2.05) is 0 Å². The van der Waals surface area contributed by atoms with Crippen molar-refractivity contribution in [1.29, 1.82) is 0 Å². The molecule has 3 N–H and O–H groups in total. The van der Waals surface area contributed by atoms with Crippen molar-refractivity contribution in [1.82, 2.24) is 20.1 Å². The van der Waals surface area contributed by atoms with Gasteiger partial charge in [-0.15, -0.1) is 0 Å². The summed E-state index contributed by atoms with van der Waals surface area (Å²) in [5, 5.41) is 3.86. The molecule has 21 heavy (non-hydrogen) atoms. The number of aromatic amines is 1. The molecule has 0 radical (unpaired) electrons. The number of benzene rings is 1. The largest absolute Gasteiger partial charge is 0.348 e. The molecule has 1 atom stereocenters. The number of H-pyrrole nitrogens is 1. The fourth-order valence-electron chi connectivity index (χ4n) is 2.09. The first kappa shape index (κ1) is 13.4. The van der Waals surface area contributed by atoms with Crippen LogP contribution >= 0.6 is 0 Å². The summed E-state index contributed by atoms with van der Waals surface area (Å²) >= 11 is 0. The minimum Gasteiger partial charge on any atom is -0.348 e. The van der Waals surface area contributed by atoms with E-state index in [2.05, 4.69) is 20.1 Å². The predicted molar refractivity (Wildman–Crippen MR) is 73.6 cm³/mol. The Balaban J connectivity index is 1.82. The molecule has 0 aliphatic heterocycles. The quantitative estimate of drug-likeness (QED) is 0.766. The Bertz CT molecular complexity index is 717. The van der Waals surface area contributed by atoms with Crippen LogP contribution in [0.25, 0.3) is 11.4 Å². The molecule has 0 fully saturated rings. The molecule has 0 aliphatic carbocycles. The van der Waals surface area contributed by atoms with E-state index in [0.717, 1.165) is 11.3 Å². The topological polar surface area (TPSA) is 93.6 Å². The number of hydrogen-bond acceptors (Lipinski definition) is 5. The van der Waals surface area contributed by atoms with E-state index >= 15 is 0 Å². The predicted octanol–water partition coefficient (Wildman–Crippen LogP) is 2.15. The van der Waals surface area contributed by atoms with Gasteiger partial charge in [-0.25, -0.2) is 9.37 Å². The molecule has 0 amide bonds. The second kappa shape index (κ2) is 5.45. The lowest BCUT2D eigenvalue weighted by Crippen LogP contribution is -2.14. The van der Waals surface area contributed by atoms with Crippen molar-refractivity contribution >= 4 is 0 Å². The normalized spacial score (nSPS) is 12.5. The minimum absolute atomic E-state index is 0.307. The summed E-state index contributed by atoms with van der Waals surface area (Å²) in [6.07, 6.45) is 3.77. The zero-order valence-corrected chi connectivity index (χ0v) is 11.4. The van der Waals surface area contributed by atoms with E-state index < -0.39 is 6.04 Å². The highest BCUT2D eigenvalue weighted by atomic mass is 19.1. The number of imidazole rings is 1. The number of nitrogens with zero attached hydrogens (tertiary/aromatic N) is 3. The molecule has 0 spiro atoms. The monoisotopic (exact) mass is 287 g/mol. The van der Waals surface area contributed by atoms with Gasteiger partial charge >= 0.3 is 0 Å². The van der Waals surface area contributed by atoms with Crippen LogP contribution in [-0.2, 0) is 6.42 Å². The first-order valence-electron chi connectivity index (χ1n) is 6.46. The molecule has 0 bridgehead atoms. The lowest BCUT2D eigenvalue weighted by atomic mass is 10.1. The van der Waals surface area contributed by atoms with Crippen LogP contribution in [0.3, 0.4) is 0 Å². The fourth-order valence-corrected chi connectivity index (χ4v) is 2.09. The highest BCUT2D eigenvalue weighted by Gasteiger charge is 2.17. The highest BCUT2D eigenvalue weighted by molar-refractivity contribution is 5.55. The van der Waals surface area contributed by atoms with E-state index in [0.29, 0.717) is 23.7 Å². The third-order valence-corrected chi connectivity index (χ3v) is 3.05. The van der Waals surface area contributed by atoms with Gasteiger partial charge in [0.1, 0.15) is 5.82 Å². The number of hydrogen-bond donors (Lipinski definition) is 2. The Morgan fingerprint density at radius 2 is 2.24 bits per heavy atom. The molecule has 0 saturated carbocycles. The standard InChI is InChI=1S/C14H14FN5O/c1-8-2-9(4-10(15)3-8)13-19-14(21-20-13)12(16)5-11-6-17-7-18-11/h2-4,6-7,12H,5,16H2,1H3,(H,17,18)/t12-/m1/s1. The Labute approximate surface area is 120 Å². The molecular weight excluding hydrogens is 273 g/mol. The molecule has 0 saturated heterocycles. The van der Waals surface area contributed by atoms with Gasteiger partial charge < -0.3 is 15.2 Å². The van der Waals surface area contributed by atoms with Crippen molar-refractivity contribution in [2.45, 2.75) is 19.4 Å². The van der Waals surface area contributed by atoms with E-state index in [1.165, 1.54) is 12.1 Å². The zero-order chi connectivity index (χ0) is 14.8. The number of aromatic nitrogens is 4. The molecule has 3 aromatic rings. The zero-order valence-electron chi connectivity index (χ0n) is 11.4. The van der Waals surface area contributed by atoms with Gasteiger partial charge in [0.2, 0.25) is 11.7 Å². The molecular formula is C14H14FN5O. The van der Waals surface area contributed by atoms with E-state index in [-0.39, 0.29) is 5.82 Å². The van der Waals surface area contributed by atoms with Gasteiger partial charge in [-0.05, 0) is 30.7 Å². The summed E-state index contributed by atoms with van der Waals surface area (Å²) in [4.78, 5) is 11.1. The van der Waals surface area contributed by atoms with Crippen LogP contribution in [0.4, 0.5) is 4.39 Å². The lowest BCUT2D eigenvalue weighted by molar-refractivity contribution is 0.354. The van der Waals surface area contributed by atoms with Gasteiger partial charge in [0, 0.05) is 23.9 Å². The van der Waals surface area contributed by atoms with Gasteiger partial charge in [-0.1, -0.05) is 5.16 Å². The number of nitrogens with one attached hydrogen (secondary N) is 1. The van der Waals surface area contributed by atoms with Gasteiger partial charge in [0.15, 0.2) is 0 Å². The third kappa shape index (κ3) is 2.97. The van der Waals surface area contributed by atoms with Crippen molar-refractivity contribution < 1.29 is 8.91 Å². The molecule has 108 valence electrons. The third-order valence-electron chi connectivity index (χ3n) is 3.05. The Hall–Kier alpha value is -2.54. The molecule has 2 heterocycles. The molecule has 3 rings (SSSR count). The lowest BCUT2D eigenvalue weighted by Gasteiger charge is -2.03. The summed E-state index contributed by atoms with van der Waals surface area (Å²) < 4.78 is 18.6. The first-order chi connectivity index (χ1) is 10.1. The summed E-state index contributed by atoms with van der Waals surface area (Å²) in [6.45, 7) is 1.80. The van der Waals surface area contributed by atoms with Crippen LogP contribution < -0.4 is 5.73 Å². The van der Waals surface area contributed by atoms with Crippen molar-refractivity contribution in [3.8, 4) is 11.4 Å². The van der Waals surface area contributed by atoms with E-state index in [9.17, 15) is 4.39 Å². The van der Waals surface area contributed by atoms with Crippen molar-refractivity contribution in [3.63, 3.8) is 0 Å². The van der Waals surface area contributed by atoms with Crippen LogP contribution in [0, 0.1) is 12.7 Å². The van der Waals surface area contributed by atoms with Crippen LogP contribution in [0.2, 0.25) is 0 Å². The maximum atomic E-state index is 13.4. The van der Waals surface area contributed by atoms with Gasteiger partial charge in [0.05, 0.1) is 12.4 Å². The van der Waals surface area contributed by atoms with E-state index in [1.54, 1.807) is 25.5 Å². The smallest absolute Gasteiger partial charge is 0.244 e. The minimum atomic E-state index is -0.443. The maximum Gasteiger partial charge on any atom is 0.244 e. The van der Waals surface area contributed by atoms with Gasteiger partial charge in [-0.3, -0.25) is 0 Å². The first-order valence-corrected chi connectivity index (χ1v) is 6.46. The molecule has 1 aromatic carbocycles. The SMILES string of the molecule is Cc1cc(F)cc(-c2noc([C@H](N)Cc3cnc[nH]3)n2)c1. The van der Waals surface area contributed by atoms with Crippen molar-refractivity contribution in [2.75, 3.05) is 0 Å². The fraction of sp³-hybridized carbons (Fsp3) is 0.214. The number of aryl methyl sites for hydroxylation is 1. The molecule has 2 aromatic heterocycles. The van der Waals surface area contributed by atoms with Gasteiger partial charge in [0.25, 0.3) is 0 Å². The maximum absolute atomic E-state index is 13.4. The van der Waals surface area contributed by atoms with Crippen LogP contribution in [0.5, 0.6) is 0 Å². The number of rotatable bonds is 4.